The van der Waals surface area contributed by atoms with Crippen LogP contribution in [0.15, 0.2) is 46.5 Å². The number of thiazole rings is 1. The van der Waals surface area contributed by atoms with Gasteiger partial charge in [0.25, 0.3) is 5.91 Å². The van der Waals surface area contributed by atoms with Gasteiger partial charge in [-0.1, -0.05) is 12.1 Å². The van der Waals surface area contributed by atoms with E-state index in [4.69, 9.17) is 4.74 Å². The molecule has 0 fully saturated rings. The molecule has 1 aromatic carbocycles. The minimum atomic E-state index is -0.193. The second-order valence-corrected chi connectivity index (χ2v) is 7.37. The predicted molar refractivity (Wildman–Crippen MR) is 108 cm³/mol. The van der Waals surface area contributed by atoms with Crippen LogP contribution in [0.5, 0.6) is 5.75 Å². The first kappa shape index (κ1) is 19.1. The Hall–Kier alpha value is -2.71. The van der Waals surface area contributed by atoms with E-state index in [1.807, 2.05) is 29.6 Å². The Morgan fingerprint density at radius 2 is 1.96 bits per heavy atom. The average molecular weight is 402 g/mol. The summed E-state index contributed by atoms with van der Waals surface area (Å²) in [5.41, 5.74) is 2.37. The second kappa shape index (κ2) is 9.29. The molecule has 2 aromatic heterocycles. The number of hydrogen-bond acceptors (Lipinski definition) is 6. The number of benzene rings is 1. The number of amides is 2. The summed E-state index contributed by atoms with van der Waals surface area (Å²) in [7, 11) is 1.63. The van der Waals surface area contributed by atoms with E-state index in [1.165, 1.54) is 22.7 Å². The molecule has 2 heterocycles. The highest BCUT2D eigenvalue weighted by Gasteiger charge is 2.11. The lowest BCUT2D eigenvalue weighted by Gasteiger charge is -2.05. The largest absolute Gasteiger partial charge is 0.497 e. The third-order valence-electron chi connectivity index (χ3n) is 3.79. The number of rotatable bonds is 8. The summed E-state index contributed by atoms with van der Waals surface area (Å²) in [6.45, 7) is 0.553. The van der Waals surface area contributed by atoms with Crippen LogP contribution >= 0.6 is 22.7 Å². The Bertz CT molecular complexity index is 889. The van der Waals surface area contributed by atoms with E-state index >= 15 is 0 Å². The van der Waals surface area contributed by atoms with E-state index in [2.05, 4.69) is 15.6 Å². The van der Waals surface area contributed by atoms with Crippen LogP contribution in [0.4, 0.5) is 5.13 Å². The van der Waals surface area contributed by atoms with Gasteiger partial charge in [-0.25, -0.2) is 4.98 Å². The average Bonchev–Trinajstić information content (AvgIpc) is 3.34. The summed E-state index contributed by atoms with van der Waals surface area (Å²) < 4.78 is 5.12. The van der Waals surface area contributed by atoms with Crippen LogP contribution in [0.3, 0.4) is 0 Å². The number of thiophene rings is 1. The molecule has 0 aliphatic carbocycles. The van der Waals surface area contributed by atoms with Gasteiger partial charge < -0.3 is 10.1 Å². The molecule has 8 heteroatoms. The van der Waals surface area contributed by atoms with Crippen molar-refractivity contribution in [2.24, 2.45) is 0 Å². The third-order valence-corrected chi connectivity index (χ3v) is 5.28. The number of carbonyl (C=O) groups is 2. The summed E-state index contributed by atoms with van der Waals surface area (Å²) in [5, 5.41) is 11.5. The molecule has 3 aromatic rings. The quantitative estimate of drug-likeness (QED) is 0.606. The van der Waals surface area contributed by atoms with E-state index in [0.29, 0.717) is 22.9 Å². The van der Waals surface area contributed by atoms with Crippen molar-refractivity contribution in [1.82, 2.24) is 10.3 Å². The predicted octanol–water partition coefficient (Wildman–Crippen LogP) is 3.37. The summed E-state index contributed by atoms with van der Waals surface area (Å²) in [5.74, 6) is 0.527. The number of nitrogens with zero attached hydrogens (tertiary/aromatic N) is 1. The first-order valence-electron chi connectivity index (χ1n) is 8.31. The van der Waals surface area contributed by atoms with Gasteiger partial charge in [-0.15, -0.1) is 11.3 Å². The van der Waals surface area contributed by atoms with Gasteiger partial charge in [-0.2, -0.15) is 11.3 Å². The molecule has 0 aliphatic heterocycles. The van der Waals surface area contributed by atoms with E-state index in [9.17, 15) is 9.59 Å². The first-order valence-corrected chi connectivity index (χ1v) is 10.1. The minimum absolute atomic E-state index is 0.0930. The number of carbonyl (C=O) groups excluding carboxylic acids is 2. The van der Waals surface area contributed by atoms with Crippen LogP contribution in [0.2, 0.25) is 0 Å². The van der Waals surface area contributed by atoms with Crippen LogP contribution in [-0.2, 0) is 17.6 Å². The van der Waals surface area contributed by atoms with Crippen molar-refractivity contribution < 1.29 is 14.3 Å². The van der Waals surface area contributed by atoms with Crippen LogP contribution in [0.25, 0.3) is 0 Å². The molecular formula is C19H19N3O3S2. The van der Waals surface area contributed by atoms with Crippen molar-refractivity contribution >= 4 is 39.6 Å². The number of nitrogens with one attached hydrogen (secondary N) is 2. The van der Waals surface area contributed by atoms with Gasteiger partial charge in [0.2, 0.25) is 5.91 Å². The van der Waals surface area contributed by atoms with Gasteiger partial charge in [0.1, 0.15) is 5.75 Å². The Morgan fingerprint density at radius 3 is 2.67 bits per heavy atom. The maximum Gasteiger partial charge on any atom is 0.258 e. The molecule has 2 N–H and O–H groups in total. The molecular weight excluding hydrogens is 382 g/mol. The second-order valence-electron chi connectivity index (χ2n) is 5.73. The Balaban J connectivity index is 1.42. The number of ether oxygens (including phenoxy) is 1. The molecule has 0 bridgehead atoms. The topological polar surface area (TPSA) is 80.3 Å². The zero-order valence-electron chi connectivity index (χ0n) is 14.7. The molecule has 140 valence electrons. The summed E-state index contributed by atoms with van der Waals surface area (Å²) in [6, 6.07) is 9.52. The van der Waals surface area contributed by atoms with Crippen molar-refractivity contribution in [2.75, 3.05) is 19.0 Å². The summed E-state index contributed by atoms with van der Waals surface area (Å²) in [6.07, 6.45) is 0.933. The molecule has 0 aliphatic rings. The van der Waals surface area contributed by atoms with Gasteiger partial charge in [-0.3, -0.25) is 14.9 Å². The fourth-order valence-corrected chi connectivity index (χ4v) is 3.72. The van der Waals surface area contributed by atoms with Crippen molar-refractivity contribution in [3.05, 3.63) is 63.3 Å². The summed E-state index contributed by atoms with van der Waals surface area (Å²) in [4.78, 5) is 28.4. The van der Waals surface area contributed by atoms with E-state index in [-0.39, 0.29) is 18.2 Å². The number of anilines is 1. The Labute approximate surface area is 165 Å². The smallest absolute Gasteiger partial charge is 0.258 e. The molecule has 3 rings (SSSR count). The fourth-order valence-electron chi connectivity index (χ4n) is 2.37. The SMILES string of the molecule is COc1ccc(CCNC(=O)Cc2csc(NC(=O)c3ccsc3)n2)cc1. The highest BCUT2D eigenvalue weighted by Crippen LogP contribution is 2.17. The fraction of sp³-hybridized carbons (Fsp3) is 0.211. The lowest BCUT2D eigenvalue weighted by atomic mass is 10.1. The van der Waals surface area contributed by atoms with Gasteiger partial charge in [0.15, 0.2) is 5.13 Å². The minimum Gasteiger partial charge on any atom is -0.497 e. The van der Waals surface area contributed by atoms with Crippen molar-refractivity contribution in [3.63, 3.8) is 0 Å². The zero-order chi connectivity index (χ0) is 19.1. The Kier molecular flexibility index (Phi) is 6.56. The lowest BCUT2D eigenvalue weighted by molar-refractivity contribution is -0.120. The number of aromatic nitrogens is 1. The molecule has 0 saturated carbocycles. The van der Waals surface area contributed by atoms with E-state index in [0.717, 1.165) is 17.7 Å². The van der Waals surface area contributed by atoms with Crippen LogP contribution in [-0.4, -0.2) is 30.5 Å². The van der Waals surface area contributed by atoms with Crippen molar-refractivity contribution in [1.29, 1.82) is 0 Å². The van der Waals surface area contributed by atoms with Crippen molar-refractivity contribution in [2.45, 2.75) is 12.8 Å². The summed E-state index contributed by atoms with van der Waals surface area (Å²) >= 11 is 2.77. The number of hydrogen-bond donors (Lipinski definition) is 2. The zero-order valence-corrected chi connectivity index (χ0v) is 16.4. The van der Waals surface area contributed by atoms with Gasteiger partial charge in [-0.05, 0) is 35.6 Å². The van der Waals surface area contributed by atoms with E-state index < -0.39 is 0 Å². The molecule has 0 atom stereocenters. The van der Waals surface area contributed by atoms with Crippen LogP contribution in [0, 0.1) is 0 Å². The van der Waals surface area contributed by atoms with Crippen molar-refractivity contribution in [3.8, 4) is 5.75 Å². The van der Waals surface area contributed by atoms with Crippen LogP contribution < -0.4 is 15.4 Å². The van der Waals surface area contributed by atoms with Crippen LogP contribution in [0.1, 0.15) is 21.6 Å². The molecule has 27 heavy (non-hydrogen) atoms. The molecule has 0 unspecified atom stereocenters. The highest BCUT2D eigenvalue weighted by molar-refractivity contribution is 7.14. The standard InChI is InChI=1S/C19H19N3O3S2/c1-25-16-4-2-13(3-5-16)6-8-20-17(23)10-15-12-27-19(21-15)22-18(24)14-7-9-26-11-14/h2-5,7,9,11-12H,6,8,10H2,1H3,(H,20,23)(H,21,22,24). The van der Waals surface area contributed by atoms with Gasteiger partial charge >= 0.3 is 0 Å². The molecule has 0 radical (unpaired) electrons. The normalized spacial score (nSPS) is 10.4. The number of methoxy groups -OCH3 is 1. The maximum absolute atomic E-state index is 12.1. The molecule has 2 amide bonds. The molecule has 0 saturated heterocycles. The molecule has 6 nitrogen and oxygen atoms in total. The first-order chi connectivity index (χ1) is 13.1. The highest BCUT2D eigenvalue weighted by atomic mass is 32.1. The van der Waals surface area contributed by atoms with Gasteiger partial charge in [0, 0.05) is 17.3 Å². The molecule has 0 spiro atoms. The lowest BCUT2D eigenvalue weighted by Crippen LogP contribution is -2.27. The maximum atomic E-state index is 12.1. The monoisotopic (exact) mass is 401 g/mol. The van der Waals surface area contributed by atoms with E-state index in [1.54, 1.807) is 23.9 Å². The Morgan fingerprint density at radius 1 is 1.15 bits per heavy atom. The third kappa shape index (κ3) is 5.63. The van der Waals surface area contributed by atoms with Gasteiger partial charge in [0.05, 0.1) is 24.8 Å².